The molecule has 4 N–H and O–H groups in total. The molecule has 8 nitrogen and oxygen atoms in total. The van der Waals surface area contributed by atoms with Crippen molar-refractivity contribution in [2.45, 2.75) is 25.5 Å². The number of urea groups is 1. The van der Waals surface area contributed by atoms with Gasteiger partial charge in [0.1, 0.15) is 11.9 Å². The van der Waals surface area contributed by atoms with Gasteiger partial charge in [0.05, 0.1) is 5.69 Å². The van der Waals surface area contributed by atoms with Crippen molar-refractivity contribution in [3.05, 3.63) is 30.1 Å². The summed E-state index contributed by atoms with van der Waals surface area (Å²) in [4.78, 5) is 36.0. The van der Waals surface area contributed by atoms with Crippen LogP contribution < -0.4 is 16.6 Å². The molecule has 9 heteroatoms. The average molecular weight is 324 g/mol. The molecule has 1 aliphatic heterocycles. The highest BCUT2D eigenvalue weighted by Gasteiger charge is 2.43. The molecular formula is C14H17FN4O4. The van der Waals surface area contributed by atoms with Crippen LogP contribution >= 0.6 is 0 Å². The number of anilines is 1. The number of amides is 3. The highest BCUT2D eigenvalue weighted by molar-refractivity contribution is 5.89. The summed E-state index contributed by atoms with van der Waals surface area (Å²) in [5.74, 6) is -1.55. The fourth-order valence-electron chi connectivity index (χ4n) is 2.40. The molecule has 2 unspecified atom stereocenters. The van der Waals surface area contributed by atoms with Crippen molar-refractivity contribution in [1.29, 1.82) is 0 Å². The Hall–Kier alpha value is -2.84. The first-order valence-corrected chi connectivity index (χ1v) is 6.93. The number of esters is 1. The summed E-state index contributed by atoms with van der Waals surface area (Å²) < 4.78 is 17.9. The Labute approximate surface area is 131 Å². The van der Waals surface area contributed by atoms with Gasteiger partial charge < -0.3 is 15.4 Å². The number of rotatable bonds is 4. The number of nitrogens with one attached hydrogen (secondary N) is 2. The maximum atomic E-state index is 12.8. The van der Waals surface area contributed by atoms with Gasteiger partial charge in [-0.3, -0.25) is 20.4 Å². The number of primary amides is 1. The Bertz CT molecular complexity index is 607. The molecule has 0 radical (unpaired) electrons. The topological polar surface area (TPSA) is 114 Å². The van der Waals surface area contributed by atoms with Crippen LogP contribution in [0.3, 0.4) is 0 Å². The summed E-state index contributed by atoms with van der Waals surface area (Å²) in [6, 6.07) is 3.51. The third-order valence-electron chi connectivity index (χ3n) is 3.39. The summed E-state index contributed by atoms with van der Waals surface area (Å²) in [5, 5.41) is 0. The van der Waals surface area contributed by atoms with Gasteiger partial charge >= 0.3 is 12.0 Å². The minimum atomic E-state index is -1.02. The van der Waals surface area contributed by atoms with Crippen molar-refractivity contribution < 1.29 is 23.5 Å². The van der Waals surface area contributed by atoms with Crippen molar-refractivity contribution in [2.24, 2.45) is 5.73 Å². The smallest absolute Gasteiger partial charge is 0.315 e. The van der Waals surface area contributed by atoms with Crippen LogP contribution in [0.15, 0.2) is 24.3 Å². The normalized spacial score (nSPS) is 20.0. The highest BCUT2D eigenvalue weighted by Crippen LogP contribution is 2.21. The van der Waals surface area contributed by atoms with Crippen LogP contribution in [-0.2, 0) is 14.3 Å². The molecule has 1 aliphatic rings. The standard InChI is InChI=1S/C14H17FN4O4/c1-8(20)23-11-6-7-19(14(16)22)12(11)13(21)18-17-10-4-2-9(15)3-5-10/h2-5,11-12,17H,6-7H2,1H3,(H2,16,22)(H,18,21). The number of benzene rings is 1. The number of hydrogen-bond donors (Lipinski definition) is 3. The van der Waals surface area contributed by atoms with Crippen LogP contribution in [0, 0.1) is 5.82 Å². The van der Waals surface area contributed by atoms with Gasteiger partial charge in [-0.25, -0.2) is 9.18 Å². The Morgan fingerprint density at radius 3 is 2.52 bits per heavy atom. The van der Waals surface area contributed by atoms with Crippen LogP contribution in [0.1, 0.15) is 13.3 Å². The van der Waals surface area contributed by atoms with Crippen LogP contribution in [-0.4, -0.2) is 41.5 Å². The van der Waals surface area contributed by atoms with Crippen molar-refractivity contribution in [3.63, 3.8) is 0 Å². The minimum Gasteiger partial charge on any atom is -0.460 e. The molecule has 0 aliphatic carbocycles. The summed E-state index contributed by atoms with van der Waals surface area (Å²) in [6.45, 7) is 1.43. The van der Waals surface area contributed by atoms with Crippen molar-refractivity contribution in [2.75, 3.05) is 12.0 Å². The first-order chi connectivity index (χ1) is 10.9. The lowest BCUT2D eigenvalue weighted by atomic mass is 10.1. The van der Waals surface area contributed by atoms with Crippen LogP contribution in [0.2, 0.25) is 0 Å². The first-order valence-electron chi connectivity index (χ1n) is 6.93. The second kappa shape index (κ2) is 6.95. The van der Waals surface area contributed by atoms with Gasteiger partial charge in [-0.2, -0.15) is 0 Å². The molecule has 23 heavy (non-hydrogen) atoms. The van der Waals surface area contributed by atoms with E-state index in [1.807, 2.05) is 0 Å². The summed E-state index contributed by atoms with van der Waals surface area (Å²) in [6.07, 6.45) is -0.452. The van der Waals surface area contributed by atoms with E-state index in [9.17, 15) is 18.8 Å². The zero-order valence-electron chi connectivity index (χ0n) is 12.4. The van der Waals surface area contributed by atoms with E-state index < -0.39 is 35.9 Å². The number of nitrogens with two attached hydrogens (primary N) is 1. The second-order valence-electron chi connectivity index (χ2n) is 5.03. The van der Waals surface area contributed by atoms with E-state index in [1.54, 1.807) is 0 Å². The summed E-state index contributed by atoms with van der Waals surface area (Å²) in [7, 11) is 0. The molecule has 1 saturated heterocycles. The van der Waals surface area contributed by atoms with E-state index in [0.717, 1.165) is 4.90 Å². The van der Waals surface area contributed by atoms with E-state index in [-0.39, 0.29) is 6.54 Å². The number of halogens is 1. The Kier molecular flexibility index (Phi) is 4.99. The number of likely N-dealkylation sites (tertiary alicyclic amines) is 1. The lowest BCUT2D eigenvalue weighted by Gasteiger charge is -2.25. The predicted octanol–water partition coefficient (Wildman–Crippen LogP) is 0.354. The molecule has 1 aromatic carbocycles. The molecule has 0 bridgehead atoms. The maximum Gasteiger partial charge on any atom is 0.315 e. The molecular weight excluding hydrogens is 307 g/mol. The predicted molar refractivity (Wildman–Crippen MR) is 78.4 cm³/mol. The monoisotopic (exact) mass is 324 g/mol. The molecule has 3 amide bonds. The third kappa shape index (κ3) is 4.09. The number of hydrazine groups is 1. The van der Waals surface area contributed by atoms with Gasteiger partial charge in [0, 0.05) is 19.9 Å². The summed E-state index contributed by atoms with van der Waals surface area (Å²) in [5.41, 5.74) is 10.7. The summed E-state index contributed by atoms with van der Waals surface area (Å²) >= 11 is 0. The maximum absolute atomic E-state index is 12.8. The van der Waals surface area contributed by atoms with Crippen LogP contribution in [0.4, 0.5) is 14.9 Å². The first kappa shape index (κ1) is 16.5. The van der Waals surface area contributed by atoms with E-state index >= 15 is 0 Å². The molecule has 1 heterocycles. The number of ether oxygens (including phenoxy) is 1. The number of hydrogen-bond acceptors (Lipinski definition) is 5. The zero-order valence-corrected chi connectivity index (χ0v) is 12.4. The van der Waals surface area contributed by atoms with E-state index in [1.165, 1.54) is 31.2 Å². The second-order valence-corrected chi connectivity index (χ2v) is 5.03. The molecule has 2 atom stereocenters. The van der Waals surface area contributed by atoms with Gasteiger partial charge in [-0.05, 0) is 24.3 Å². The zero-order chi connectivity index (χ0) is 17.0. The molecule has 0 aromatic heterocycles. The number of carbonyl (C=O) groups is 3. The van der Waals surface area contributed by atoms with E-state index in [2.05, 4.69) is 10.9 Å². The van der Waals surface area contributed by atoms with Crippen molar-refractivity contribution in [3.8, 4) is 0 Å². The van der Waals surface area contributed by atoms with Crippen LogP contribution in [0.5, 0.6) is 0 Å². The van der Waals surface area contributed by atoms with Crippen molar-refractivity contribution >= 4 is 23.6 Å². The highest BCUT2D eigenvalue weighted by atomic mass is 19.1. The van der Waals surface area contributed by atoms with Crippen LogP contribution in [0.25, 0.3) is 0 Å². The Balaban J connectivity index is 2.04. The molecule has 1 fully saturated rings. The fourth-order valence-corrected chi connectivity index (χ4v) is 2.40. The SMILES string of the molecule is CC(=O)OC1CCN(C(N)=O)C1C(=O)NNc1ccc(F)cc1. The molecule has 1 aromatic rings. The van der Waals surface area contributed by atoms with Gasteiger partial charge in [-0.15, -0.1) is 0 Å². The number of nitrogens with zero attached hydrogens (tertiary/aromatic N) is 1. The van der Waals surface area contributed by atoms with Gasteiger partial charge in [-0.1, -0.05) is 0 Å². The fraction of sp³-hybridized carbons (Fsp3) is 0.357. The lowest BCUT2D eigenvalue weighted by molar-refractivity contribution is -0.149. The van der Waals surface area contributed by atoms with Gasteiger partial charge in [0.25, 0.3) is 5.91 Å². The minimum absolute atomic E-state index is 0.210. The largest absolute Gasteiger partial charge is 0.460 e. The molecule has 0 spiro atoms. The van der Waals surface area contributed by atoms with Gasteiger partial charge in [0.2, 0.25) is 0 Å². The lowest BCUT2D eigenvalue weighted by Crippen LogP contribution is -2.53. The van der Waals surface area contributed by atoms with E-state index in [0.29, 0.717) is 12.1 Å². The molecule has 2 rings (SSSR count). The van der Waals surface area contributed by atoms with Crippen molar-refractivity contribution in [1.82, 2.24) is 10.3 Å². The molecule has 124 valence electrons. The molecule has 0 saturated carbocycles. The van der Waals surface area contributed by atoms with Gasteiger partial charge in [0.15, 0.2) is 6.04 Å². The Morgan fingerprint density at radius 2 is 1.96 bits per heavy atom. The van der Waals surface area contributed by atoms with E-state index in [4.69, 9.17) is 10.5 Å². The average Bonchev–Trinajstić information content (AvgIpc) is 2.89. The quantitative estimate of drug-likeness (QED) is 0.546. The third-order valence-corrected chi connectivity index (χ3v) is 3.39. The Morgan fingerprint density at radius 1 is 1.30 bits per heavy atom. The number of carbonyl (C=O) groups excluding carboxylic acids is 3.